The number of tetrazole rings is 1. The minimum absolute atomic E-state index is 0.0265. The van der Waals surface area contributed by atoms with E-state index in [1.807, 2.05) is 0 Å². The zero-order valence-corrected chi connectivity index (χ0v) is 9.91. The van der Waals surface area contributed by atoms with Crippen molar-refractivity contribution in [1.82, 2.24) is 19.8 Å². The number of aryl methyl sites for hydroxylation is 1. The Morgan fingerprint density at radius 3 is 2.79 bits per heavy atom. The fourth-order valence-corrected chi connectivity index (χ4v) is 1.39. The predicted octanol–water partition coefficient (Wildman–Crippen LogP) is -1.03. The molecule has 0 bridgehead atoms. The number of nitrogens with zero attached hydrogens (tertiary/aromatic N) is 4. The van der Waals surface area contributed by atoms with Gasteiger partial charge in [-0.1, -0.05) is 0 Å². The van der Waals surface area contributed by atoms with Crippen LogP contribution in [0, 0.1) is 5.82 Å². The summed E-state index contributed by atoms with van der Waals surface area (Å²) in [6.45, 7) is -0.439. The second-order valence-corrected chi connectivity index (χ2v) is 3.66. The average Bonchev–Trinajstić information content (AvgIpc) is 2.68. The highest BCUT2D eigenvalue weighted by atomic mass is 19.1. The van der Waals surface area contributed by atoms with Gasteiger partial charge in [0.1, 0.15) is 17.3 Å². The molecular weight excluding hydrogens is 257 g/mol. The van der Waals surface area contributed by atoms with Gasteiger partial charge in [0.05, 0.1) is 0 Å². The van der Waals surface area contributed by atoms with E-state index in [1.165, 1.54) is 13.1 Å². The van der Waals surface area contributed by atoms with Crippen LogP contribution in [0.4, 0.5) is 4.39 Å². The second kappa shape index (κ2) is 4.88. The van der Waals surface area contributed by atoms with Crippen molar-refractivity contribution in [1.29, 1.82) is 0 Å². The maximum absolute atomic E-state index is 13.2. The van der Waals surface area contributed by atoms with Gasteiger partial charge in [-0.2, -0.15) is 9.36 Å². The SMILES string of the molecule is Cn1nnn(-c2ccc(F)cc2OCC(N)=O)c1=O. The van der Waals surface area contributed by atoms with E-state index in [2.05, 4.69) is 10.4 Å². The van der Waals surface area contributed by atoms with Gasteiger partial charge < -0.3 is 10.5 Å². The summed E-state index contributed by atoms with van der Waals surface area (Å²) in [5.41, 5.74) is 4.58. The maximum atomic E-state index is 13.2. The van der Waals surface area contributed by atoms with Crippen molar-refractivity contribution >= 4 is 5.91 Å². The first-order valence-electron chi connectivity index (χ1n) is 5.19. The molecule has 2 aromatic rings. The first-order valence-corrected chi connectivity index (χ1v) is 5.19. The van der Waals surface area contributed by atoms with E-state index in [0.717, 1.165) is 21.5 Å². The summed E-state index contributed by atoms with van der Waals surface area (Å²) in [6.07, 6.45) is 0. The summed E-state index contributed by atoms with van der Waals surface area (Å²) < 4.78 is 20.1. The van der Waals surface area contributed by atoms with Gasteiger partial charge in [-0.3, -0.25) is 4.79 Å². The number of amides is 1. The van der Waals surface area contributed by atoms with E-state index in [9.17, 15) is 14.0 Å². The third kappa shape index (κ3) is 2.59. The van der Waals surface area contributed by atoms with E-state index < -0.39 is 24.0 Å². The van der Waals surface area contributed by atoms with Gasteiger partial charge in [-0.25, -0.2) is 9.18 Å². The second-order valence-electron chi connectivity index (χ2n) is 3.66. The molecule has 100 valence electrons. The molecule has 1 heterocycles. The highest BCUT2D eigenvalue weighted by Crippen LogP contribution is 2.22. The molecule has 1 amide bonds. The fourth-order valence-electron chi connectivity index (χ4n) is 1.39. The number of primary amides is 1. The van der Waals surface area contributed by atoms with Crippen LogP contribution in [0.2, 0.25) is 0 Å². The summed E-state index contributed by atoms with van der Waals surface area (Å²) in [4.78, 5) is 22.4. The van der Waals surface area contributed by atoms with Gasteiger partial charge in [0.2, 0.25) is 0 Å². The summed E-state index contributed by atoms with van der Waals surface area (Å²) in [5.74, 6) is -1.33. The molecule has 2 rings (SSSR count). The molecule has 0 saturated heterocycles. The molecule has 1 aromatic carbocycles. The minimum atomic E-state index is -0.721. The molecule has 0 unspecified atom stereocenters. The number of carbonyl (C=O) groups excluding carboxylic acids is 1. The number of aromatic nitrogens is 4. The molecule has 0 aliphatic heterocycles. The molecule has 8 nitrogen and oxygen atoms in total. The van der Waals surface area contributed by atoms with Crippen molar-refractivity contribution in [2.45, 2.75) is 0 Å². The molecule has 9 heteroatoms. The van der Waals surface area contributed by atoms with Crippen LogP contribution < -0.4 is 16.2 Å². The van der Waals surface area contributed by atoms with Gasteiger partial charge in [0, 0.05) is 13.1 Å². The molecule has 0 spiro atoms. The Morgan fingerprint density at radius 2 is 2.21 bits per heavy atom. The van der Waals surface area contributed by atoms with Crippen molar-refractivity contribution in [2.24, 2.45) is 12.8 Å². The van der Waals surface area contributed by atoms with Crippen LogP contribution in [0.25, 0.3) is 5.69 Å². The summed E-state index contributed by atoms with van der Waals surface area (Å²) in [7, 11) is 1.42. The molecule has 1 aromatic heterocycles. The van der Waals surface area contributed by atoms with Crippen LogP contribution >= 0.6 is 0 Å². The predicted molar refractivity (Wildman–Crippen MR) is 61.2 cm³/mol. The molecule has 0 aliphatic rings. The molecule has 0 radical (unpaired) electrons. The van der Waals surface area contributed by atoms with Crippen LogP contribution in [-0.4, -0.2) is 32.3 Å². The minimum Gasteiger partial charge on any atom is -0.481 e. The summed E-state index contributed by atoms with van der Waals surface area (Å²) in [5, 5.41) is 7.13. The van der Waals surface area contributed by atoms with Gasteiger partial charge >= 0.3 is 5.69 Å². The van der Waals surface area contributed by atoms with Crippen LogP contribution in [0.15, 0.2) is 23.0 Å². The Labute approximate surface area is 106 Å². The summed E-state index contributed by atoms with van der Waals surface area (Å²) in [6, 6.07) is 3.45. The monoisotopic (exact) mass is 267 g/mol. The molecule has 0 fully saturated rings. The molecule has 2 N–H and O–H groups in total. The highest BCUT2D eigenvalue weighted by molar-refractivity contribution is 5.75. The van der Waals surface area contributed by atoms with Crippen molar-refractivity contribution in [3.8, 4) is 11.4 Å². The quantitative estimate of drug-likeness (QED) is 0.762. The summed E-state index contributed by atoms with van der Waals surface area (Å²) >= 11 is 0. The zero-order chi connectivity index (χ0) is 14.0. The normalized spacial score (nSPS) is 10.4. The Kier molecular flexibility index (Phi) is 3.27. The average molecular weight is 267 g/mol. The smallest absolute Gasteiger partial charge is 0.368 e. The Hall–Kier alpha value is -2.71. The number of hydrogen-bond acceptors (Lipinski definition) is 5. The number of halogens is 1. The standard InChI is InChI=1S/C10H10FN5O3/c1-15-10(18)16(14-13-15)7-3-2-6(11)4-8(7)19-5-9(12)17/h2-4H,5H2,1H3,(H2,12,17). The molecular formula is C10H10FN5O3. The highest BCUT2D eigenvalue weighted by Gasteiger charge is 2.13. The van der Waals surface area contributed by atoms with Crippen molar-refractivity contribution < 1.29 is 13.9 Å². The van der Waals surface area contributed by atoms with E-state index >= 15 is 0 Å². The van der Waals surface area contributed by atoms with E-state index in [-0.39, 0.29) is 11.4 Å². The van der Waals surface area contributed by atoms with Gasteiger partial charge in [-0.15, -0.1) is 0 Å². The molecule has 19 heavy (non-hydrogen) atoms. The third-order valence-electron chi connectivity index (χ3n) is 2.24. The van der Waals surface area contributed by atoms with E-state index in [4.69, 9.17) is 10.5 Å². The van der Waals surface area contributed by atoms with Crippen LogP contribution in [0.5, 0.6) is 5.75 Å². The van der Waals surface area contributed by atoms with Crippen molar-refractivity contribution in [3.05, 3.63) is 34.5 Å². The lowest BCUT2D eigenvalue weighted by molar-refractivity contribution is -0.119. The lowest BCUT2D eigenvalue weighted by atomic mass is 10.3. The number of benzene rings is 1. The van der Waals surface area contributed by atoms with Gasteiger partial charge in [-0.05, 0) is 22.6 Å². The third-order valence-corrected chi connectivity index (χ3v) is 2.24. The van der Waals surface area contributed by atoms with Gasteiger partial charge in [0.25, 0.3) is 5.91 Å². The Morgan fingerprint density at radius 1 is 1.47 bits per heavy atom. The largest absolute Gasteiger partial charge is 0.481 e. The van der Waals surface area contributed by atoms with E-state index in [0.29, 0.717) is 0 Å². The number of carbonyl (C=O) groups is 1. The van der Waals surface area contributed by atoms with E-state index in [1.54, 1.807) is 0 Å². The lowest BCUT2D eigenvalue weighted by Crippen LogP contribution is -2.24. The topological polar surface area (TPSA) is 105 Å². The zero-order valence-electron chi connectivity index (χ0n) is 9.91. The first-order chi connectivity index (χ1) is 8.99. The molecule has 0 saturated carbocycles. The Bertz CT molecular complexity index is 678. The first kappa shape index (κ1) is 12.7. The maximum Gasteiger partial charge on any atom is 0.368 e. The number of rotatable bonds is 4. The van der Waals surface area contributed by atoms with Crippen LogP contribution in [-0.2, 0) is 11.8 Å². The molecule has 0 atom stereocenters. The number of nitrogens with two attached hydrogens (primary N) is 1. The Balaban J connectivity index is 2.47. The van der Waals surface area contributed by atoms with Gasteiger partial charge in [0.15, 0.2) is 6.61 Å². The van der Waals surface area contributed by atoms with Crippen LogP contribution in [0.3, 0.4) is 0 Å². The fraction of sp³-hybridized carbons (Fsp3) is 0.200. The number of ether oxygens (including phenoxy) is 1. The lowest BCUT2D eigenvalue weighted by Gasteiger charge is -2.08. The van der Waals surface area contributed by atoms with Crippen LogP contribution in [0.1, 0.15) is 0 Å². The van der Waals surface area contributed by atoms with Crippen molar-refractivity contribution in [2.75, 3.05) is 6.61 Å². The van der Waals surface area contributed by atoms with Crippen molar-refractivity contribution in [3.63, 3.8) is 0 Å². The molecule has 0 aliphatic carbocycles. The number of hydrogen-bond donors (Lipinski definition) is 1.